The van der Waals surface area contributed by atoms with E-state index in [-0.39, 0.29) is 31.1 Å². The van der Waals surface area contributed by atoms with Gasteiger partial charge < -0.3 is 15.0 Å². The molecule has 0 bridgehead atoms. The third-order valence-electron chi connectivity index (χ3n) is 5.25. The molecule has 2 aromatic carbocycles. The summed E-state index contributed by atoms with van der Waals surface area (Å²) in [5.74, 6) is 4.95. The van der Waals surface area contributed by atoms with Gasteiger partial charge in [-0.25, -0.2) is 18.7 Å². The van der Waals surface area contributed by atoms with Crippen LogP contribution in [0.3, 0.4) is 0 Å². The van der Waals surface area contributed by atoms with Gasteiger partial charge in [-0.3, -0.25) is 10.0 Å². The topological polar surface area (TPSA) is 128 Å². The Bertz CT molecular complexity index is 1190. The van der Waals surface area contributed by atoms with Crippen LogP contribution >= 0.6 is 0 Å². The molecule has 0 aliphatic carbocycles. The zero-order valence-corrected chi connectivity index (χ0v) is 19.6. The second-order valence-electron chi connectivity index (χ2n) is 7.54. The number of hydrogen-bond acceptors (Lipinski definition) is 6. The number of carbonyl (C=O) groups excluding carboxylic acids is 2. The number of urea groups is 1. The summed E-state index contributed by atoms with van der Waals surface area (Å²) < 4.78 is 32.9. The number of anilines is 1. The predicted octanol–water partition coefficient (Wildman–Crippen LogP) is 1.81. The van der Waals surface area contributed by atoms with Gasteiger partial charge in [0.1, 0.15) is 18.4 Å². The molecule has 0 radical (unpaired) electrons. The number of amides is 3. The van der Waals surface area contributed by atoms with Crippen LogP contribution in [0.2, 0.25) is 0 Å². The number of benzene rings is 2. The van der Waals surface area contributed by atoms with E-state index in [9.17, 15) is 23.2 Å². The molecule has 1 heterocycles. The Balaban J connectivity index is 1.76. The molecular weight excluding hydrogens is 460 g/mol. The van der Waals surface area contributed by atoms with Gasteiger partial charge in [-0.15, -0.1) is 5.92 Å². The van der Waals surface area contributed by atoms with Gasteiger partial charge in [0.25, 0.3) is 5.91 Å². The second kappa shape index (κ2) is 11.0. The monoisotopic (exact) mass is 486 g/mol. The number of hydrogen-bond donors (Lipinski definition) is 3. The smallest absolute Gasteiger partial charge is 0.321 e. The summed E-state index contributed by atoms with van der Waals surface area (Å²) in [4.78, 5) is 26.4. The number of nitrogens with zero attached hydrogens (tertiary/aromatic N) is 2. The molecule has 34 heavy (non-hydrogen) atoms. The summed E-state index contributed by atoms with van der Waals surface area (Å²) in [6, 6.07) is 11.1. The molecule has 180 valence electrons. The molecule has 0 spiro atoms. The Labute approximate surface area is 198 Å². The third-order valence-corrected chi connectivity index (χ3v) is 7.17. The van der Waals surface area contributed by atoms with Gasteiger partial charge >= 0.3 is 6.03 Å². The fourth-order valence-corrected chi connectivity index (χ4v) is 4.97. The van der Waals surface area contributed by atoms with Gasteiger partial charge in [0.15, 0.2) is 0 Å². The van der Waals surface area contributed by atoms with Crippen molar-refractivity contribution >= 4 is 27.6 Å². The molecule has 2 aromatic rings. The fourth-order valence-electron chi connectivity index (χ4n) is 3.40. The number of nitrogens with one attached hydrogen (secondary N) is 2. The lowest BCUT2D eigenvalue weighted by atomic mass is 10.2. The van der Waals surface area contributed by atoms with E-state index in [4.69, 9.17) is 4.74 Å². The van der Waals surface area contributed by atoms with E-state index < -0.39 is 28.0 Å². The molecule has 1 saturated heterocycles. The second-order valence-corrected chi connectivity index (χ2v) is 9.43. The van der Waals surface area contributed by atoms with Crippen molar-refractivity contribution in [2.45, 2.75) is 24.8 Å². The Hall–Kier alpha value is -3.59. The summed E-state index contributed by atoms with van der Waals surface area (Å²) >= 11 is 0. The van der Waals surface area contributed by atoms with Crippen molar-refractivity contribution in [3.8, 4) is 17.6 Å². The summed E-state index contributed by atoms with van der Waals surface area (Å²) in [7, 11) is -4.10. The van der Waals surface area contributed by atoms with Crippen molar-refractivity contribution < 1.29 is 28.0 Å². The maximum atomic E-state index is 13.3. The SMILES string of the molecule is CC#CCOc1ccc(S(=O)(=O)N2CCN(C(=O)Nc3ccc(C)cc3)CC2C(=O)NO)cc1. The number of sulfonamides is 1. The molecule has 1 fully saturated rings. The lowest BCUT2D eigenvalue weighted by molar-refractivity contribution is -0.134. The fraction of sp³-hybridized carbons (Fsp3) is 0.304. The van der Waals surface area contributed by atoms with Crippen LogP contribution in [0, 0.1) is 18.8 Å². The van der Waals surface area contributed by atoms with E-state index >= 15 is 0 Å². The van der Waals surface area contributed by atoms with E-state index in [1.54, 1.807) is 19.1 Å². The minimum atomic E-state index is -4.10. The zero-order chi connectivity index (χ0) is 24.7. The maximum Gasteiger partial charge on any atom is 0.321 e. The first-order valence-electron chi connectivity index (χ1n) is 10.5. The molecule has 11 heteroatoms. The molecular formula is C23H26N4O6S. The number of hydroxylamine groups is 1. The average molecular weight is 487 g/mol. The van der Waals surface area contributed by atoms with Gasteiger partial charge in [-0.1, -0.05) is 23.6 Å². The van der Waals surface area contributed by atoms with Crippen molar-refractivity contribution in [3.63, 3.8) is 0 Å². The number of carbonyl (C=O) groups is 2. The molecule has 1 aliphatic heterocycles. The summed E-state index contributed by atoms with van der Waals surface area (Å²) in [6.45, 7) is 3.47. The van der Waals surface area contributed by atoms with Gasteiger partial charge in [-0.2, -0.15) is 4.31 Å². The largest absolute Gasteiger partial charge is 0.481 e. The molecule has 1 atom stereocenters. The van der Waals surface area contributed by atoms with Gasteiger partial charge in [0, 0.05) is 25.3 Å². The first-order chi connectivity index (χ1) is 16.3. The van der Waals surface area contributed by atoms with Crippen LogP contribution in [-0.4, -0.2) is 67.1 Å². The lowest BCUT2D eigenvalue weighted by Gasteiger charge is -2.39. The predicted molar refractivity (Wildman–Crippen MR) is 125 cm³/mol. The van der Waals surface area contributed by atoms with E-state index in [0.717, 1.165) is 9.87 Å². The number of piperazine rings is 1. The summed E-state index contributed by atoms with van der Waals surface area (Å²) in [5.41, 5.74) is 3.11. The van der Waals surface area contributed by atoms with Crippen LogP contribution < -0.4 is 15.5 Å². The first-order valence-corrected chi connectivity index (χ1v) is 11.9. The zero-order valence-electron chi connectivity index (χ0n) is 18.8. The lowest BCUT2D eigenvalue weighted by Crippen LogP contribution is -2.61. The van der Waals surface area contributed by atoms with Crippen LogP contribution in [0.1, 0.15) is 12.5 Å². The standard InChI is InChI=1S/C23H26N4O6S/c1-3-4-15-33-19-9-11-20(12-10-19)34(31,32)27-14-13-26(16-21(27)22(28)25-30)23(29)24-18-7-5-17(2)6-8-18/h5-12,21,30H,13-16H2,1-2H3,(H,24,29)(H,25,28). The minimum absolute atomic E-state index is 0.0466. The Kier molecular flexibility index (Phi) is 8.12. The summed E-state index contributed by atoms with van der Waals surface area (Å²) in [6.07, 6.45) is 0. The Morgan fingerprint density at radius 2 is 1.79 bits per heavy atom. The van der Waals surface area contributed by atoms with Crippen molar-refractivity contribution in [3.05, 3.63) is 54.1 Å². The maximum absolute atomic E-state index is 13.3. The molecule has 1 aliphatic rings. The van der Waals surface area contributed by atoms with Gasteiger partial charge in [-0.05, 0) is 50.2 Å². The normalized spacial score (nSPS) is 16.2. The Morgan fingerprint density at radius 1 is 1.12 bits per heavy atom. The highest BCUT2D eigenvalue weighted by Crippen LogP contribution is 2.24. The van der Waals surface area contributed by atoms with E-state index in [0.29, 0.717) is 11.4 Å². The summed E-state index contributed by atoms with van der Waals surface area (Å²) in [5, 5.41) is 11.9. The molecule has 0 aromatic heterocycles. The van der Waals surface area contributed by atoms with Gasteiger partial charge in [0.05, 0.1) is 4.90 Å². The van der Waals surface area contributed by atoms with Crippen LogP contribution in [0.5, 0.6) is 5.75 Å². The average Bonchev–Trinajstić information content (AvgIpc) is 2.85. The number of aryl methyl sites for hydroxylation is 1. The van der Waals surface area contributed by atoms with E-state index in [1.165, 1.54) is 34.6 Å². The molecule has 3 rings (SSSR count). The highest BCUT2D eigenvalue weighted by Gasteiger charge is 2.41. The Morgan fingerprint density at radius 3 is 2.41 bits per heavy atom. The van der Waals surface area contributed by atoms with Crippen LogP contribution in [-0.2, 0) is 14.8 Å². The van der Waals surface area contributed by atoms with Crippen LogP contribution in [0.25, 0.3) is 0 Å². The highest BCUT2D eigenvalue weighted by molar-refractivity contribution is 7.89. The van der Waals surface area contributed by atoms with Crippen LogP contribution in [0.15, 0.2) is 53.4 Å². The van der Waals surface area contributed by atoms with Crippen molar-refractivity contribution in [2.24, 2.45) is 0 Å². The molecule has 3 N–H and O–H groups in total. The molecule has 10 nitrogen and oxygen atoms in total. The number of rotatable bonds is 6. The quantitative estimate of drug-likeness (QED) is 0.325. The third kappa shape index (κ3) is 5.85. The van der Waals surface area contributed by atoms with Crippen molar-refractivity contribution in [1.82, 2.24) is 14.7 Å². The highest BCUT2D eigenvalue weighted by atomic mass is 32.2. The van der Waals surface area contributed by atoms with E-state index in [1.807, 2.05) is 19.1 Å². The van der Waals surface area contributed by atoms with Gasteiger partial charge in [0.2, 0.25) is 10.0 Å². The minimum Gasteiger partial charge on any atom is -0.481 e. The van der Waals surface area contributed by atoms with E-state index in [2.05, 4.69) is 17.2 Å². The number of ether oxygens (including phenoxy) is 1. The molecule has 3 amide bonds. The molecule has 0 saturated carbocycles. The first kappa shape index (κ1) is 25.0. The molecule has 1 unspecified atom stereocenters. The van der Waals surface area contributed by atoms with Crippen molar-refractivity contribution in [2.75, 3.05) is 31.6 Å². The van der Waals surface area contributed by atoms with Crippen molar-refractivity contribution in [1.29, 1.82) is 0 Å². The van der Waals surface area contributed by atoms with Crippen LogP contribution in [0.4, 0.5) is 10.5 Å².